The van der Waals surface area contributed by atoms with E-state index in [9.17, 15) is 9.59 Å². The number of benzene rings is 1. The highest BCUT2D eigenvalue weighted by Crippen LogP contribution is 2.38. The van der Waals surface area contributed by atoms with Crippen molar-refractivity contribution in [3.63, 3.8) is 0 Å². The van der Waals surface area contributed by atoms with Crippen molar-refractivity contribution in [1.29, 1.82) is 0 Å². The summed E-state index contributed by atoms with van der Waals surface area (Å²) in [5.41, 5.74) is 1.25. The molecular weight excluding hydrogens is 242 g/mol. The van der Waals surface area contributed by atoms with Gasteiger partial charge in [0.25, 0.3) is 0 Å². The van der Waals surface area contributed by atoms with E-state index in [0.29, 0.717) is 6.42 Å². The lowest BCUT2D eigenvalue weighted by molar-refractivity contribution is -0.140. The van der Waals surface area contributed by atoms with Crippen LogP contribution in [0.4, 0.5) is 0 Å². The molecule has 1 saturated carbocycles. The molecule has 0 aromatic heterocycles. The Hall–Kier alpha value is -1.84. The van der Waals surface area contributed by atoms with Gasteiger partial charge in [-0.1, -0.05) is 30.3 Å². The third-order valence-electron chi connectivity index (χ3n) is 3.54. The Bertz CT molecular complexity index is 458. The lowest BCUT2D eigenvalue weighted by Gasteiger charge is -2.13. The molecule has 1 aliphatic rings. The minimum atomic E-state index is -0.864. The zero-order chi connectivity index (χ0) is 13.8. The van der Waals surface area contributed by atoms with E-state index < -0.39 is 11.9 Å². The highest BCUT2D eigenvalue weighted by molar-refractivity contribution is 5.89. The molecule has 4 nitrogen and oxygen atoms in total. The third kappa shape index (κ3) is 3.81. The second kappa shape index (κ2) is 5.87. The average molecular weight is 261 g/mol. The highest BCUT2D eigenvalue weighted by Gasteiger charge is 2.48. The van der Waals surface area contributed by atoms with Gasteiger partial charge in [-0.3, -0.25) is 9.59 Å². The summed E-state index contributed by atoms with van der Waals surface area (Å²) in [7, 11) is 0. The fraction of sp³-hybridized carbons (Fsp3) is 0.467. The minimum Gasteiger partial charge on any atom is -0.481 e. The van der Waals surface area contributed by atoms with Crippen molar-refractivity contribution >= 4 is 11.9 Å². The quantitative estimate of drug-likeness (QED) is 0.821. The number of carbonyl (C=O) groups excluding carboxylic acids is 1. The van der Waals surface area contributed by atoms with E-state index in [1.807, 2.05) is 25.1 Å². The molecule has 102 valence electrons. The standard InChI is InChI=1S/C15H19NO3/c1-10(7-8-11-5-3-2-4-6-11)16-14(17)12-9-13(12)15(18)19/h2-6,10,12-13H,7-9H2,1H3,(H,16,17)(H,18,19)/t10-,12-,13-/m1/s1. The number of hydrogen-bond acceptors (Lipinski definition) is 2. The van der Waals surface area contributed by atoms with Crippen molar-refractivity contribution in [2.24, 2.45) is 11.8 Å². The van der Waals surface area contributed by atoms with Gasteiger partial charge in [0.1, 0.15) is 0 Å². The van der Waals surface area contributed by atoms with Gasteiger partial charge in [0.2, 0.25) is 5.91 Å². The van der Waals surface area contributed by atoms with Crippen LogP contribution in [0.2, 0.25) is 0 Å². The summed E-state index contributed by atoms with van der Waals surface area (Å²) in [6.45, 7) is 1.96. The van der Waals surface area contributed by atoms with Gasteiger partial charge in [-0.15, -0.1) is 0 Å². The molecule has 4 heteroatoms. The van der Waals surface area contributed by atoms with Crippen molar-refractivity contribution in [2.45, 2.75) is 32.2 Å². The Balaban J connectivity index is 1.72. The number of carboxylic acids is 1. The number of aryl methyl sites for hydroxylation is 1. The molecule has 1 amide bonds. The molecule has 0 heterocycles. The monoisotopic (exact) mass is 261 g/mol. The van der Waals surface area contributed by atoms with E-state index in [1.54, 1.807) is 0 Å². The van der Waals surface area contributed by atoms with Crippen LogP contribution in [-0.4, -0.2) is 23.0 Å². The first-order chi connectivity index (χ1) is 9.08. The SMILES string of the molecule is C[C@H](CCc1ccccc1)NC(=O)[C@@H]1C[C@H]1C(=O)O. The Morgan fingerprint density at radius 1 is 1.32 bits per heavy atom. The summed E-state index contributed by atoms with van der Waals surface area (Å²) in [6, 6.07) is 10.2. The average Bonchev–Trinajstić information content (AvgIpc) is 3.18. The van der Waals surface area contributed by atoms with Gasteiger partial charge in [-0.05, 0) is 31.7 Å². The first kappa shape index (κ1) is 13.6. The van der Waals surface area contributed by atoms with Crippen molar-refractivity contribution in [3.8, 4) is 0 Å². The van der Waals surface area contributed by atoms with Crippen molar-refractivity contribution in [3.05, 3.63) is 35.9 Å². The topological polar surface area (TPSA) is 66.4 Å². The number of amides is 1. The molecule has 0 spiro atoms. The van der Waals surface area contributed by atoms with Gasteiger partial charge in [0.05, 0.1) is 11.8 Å². The molecule has 0 unspecified atom stereocenters. The van der Waals surface area contributed by atoms with E-state index in [1.165, 1.54) is 5.56 Å². The maximum atomic E-state index is 11.8. The maximum absolute atomic E-state index is 11.8. The van der Waals surface area contributed by atoms with Gasteiger partial charge < -0.3 is 10.4 Å². The van der Waals surface area contributed by atoms with Crippen molar-refractivity contribution < 1.29 is 14.7 Å². The van der Waals surface area contributed by atoms with Crippen LogP contribution in [0.25, 0.3) is 0 Å². The molecule has 1 aromatic rings. The molecule has 2 N–H and O–H groups in total. The lowest BCUT2D eigenvalue weighted by atomic mass is 10.1. The predicted octanol–water partition coefficient (Wildman–Crippen LogP) is 1.84. The second-order valence-corrected chi connectivity index (χ2v) is 5.22. The van der Waals surface area contributed by atoms with E-state index in [2.05, 4.69) is 17.4 Å². The number of aliphatic carboxylic acids is 1. The van der Waals surface area contributed by atoms with Crippen LogP contribution < -0.4 is 5.32 Å². The molecule has 1 aliphatic carbocycles. The number of carbonyl (C=O) groups is 2. The van der Waals surface area contributed by atoms with Gasteiger partial charge in [-0.25, -0.2) is 0 Å². The van der Waals surface area contributed by atoms with E-state index in [-0.39, 0.29) is 17.9 Å². The molecule has 0 aliphatic heterocycles. The minimum absolute atomic E-state index is 0.0720. The predicted molar refractivity (Wildman–Crippen MR) is 71.6 cm³/mol. The number of nitrogens with one attached hydrogen (secondary N) is 1. The molecule has 0 radical (unpaired) electrons. The lowest BCUT2D eigenvalue weighted by Crippen LogP contribution is -2.34. The van der Waals surface area contributed by atoms with Crippen LogP contribution in [0, 0.1) is 11.8 Å². The summed E-state index contributed by atoms with van der Waals surface area (Å²) >= 11 is 0. The zero-order valence-corrected chi connectivity index (χ0v) is 11.0. The van der Waals surface area contributed by atoms with Crippen LogP contribution in [-0.2, 0) is 16.0 Å². The number of hydrogen-bond donors (Lipinski definition) is 2. The van der Waals surface area contributed by atoms with Crippen LogP contribution in [0.5, 0.6) is 0 Å². The Morgan fingerprint density at radius 2 is 2.00 bits per heavy atom. The van der Waals surface area contributed by atoms with Gasteiger partial charge >= 0.3 is 5.97 Å². The van der Waals surface area contributed by atoms with Crippen LogP contribution in [0.3, 0.4) is 0 Å². The summed E-state index contributed by atoms with van der Waals surface area (Å²) < 4.78 is 0. The molecule has 0 bridgehead atoms. The van der Waals surface area contributed by atoms with Gasteiger partial charge in [-0.2, -0.15) is 0 Å². The van der Waals surface area contributed by atoms with E-state index >= 15 is 0 Å². The second-order valence-electron chi connectivity index (χ2n) is 5.22. The Kier molecular flexibility index (Phi) is 4.20. The number of rotatable bonds is 6. The third-order valence-corrected chi connectivity index (χ3v) is 3.54. The summed E-state index contributed by atoms with van der Waals surface area (Å²) in [6.07, 6.45) is 2.25. The fourth-order valence-corrected chi connectivity index (χ4v) is 2.21. The maximum Gasteiger partial charge on any atom is 0.307 e. The molecule has 2 rings (SSSR count). The number of carboxylic acid groups (broad SMARTS) is 1. The van der Waals surface area contributed by atoms with Gasteiger partial charge in [0, 0.05) is 6.04 Å². The Morgan fingerprint density at radius 3 is 2.58 bits per heavy atom. The van der Waals surface area contributed by atoms with Crippen molar-refractivity contribution in [2.75, 3.05) is 0 Å². The summed E-state index contributed by atoms with van der Waals surface area (Å²) in [5.74, 6) is -1.77. The normalized spacial score (nSPS) is 22.6. The van der Waals surface area contributed by atoms with Crippen LogP contribution >= 0.6 is 0 Å². The first-order valence-corrected chi connectivity index (χ1v) is 6.65. The molecule has 3 atom stereocenters. The summed E-state index contributed by atoms with van der Waals surface area (Å²) in [5, 5.41) is 11.7. The van der Waals surface area contributed by atoms with Crippen LogP contribution in [0.1, 0.15) is 25.3 Å². The van der Waals surface area contributed by atoms with Crippen LogP contribution in [0.15, 0.2) is 30.3 Å². The van der Waals surface area contributed by atoms with E-state index in [4.69, 9.17) is 5.11 Å². The largest absolute Gasteiger partial charge is 0.481 e. The van der Waals surface area contributed by atoms with E-state index in [0.717, 1.165) is 12.8 Å². The Labute approximate surface area is 112 Å². The molecule has 0 saturated heterocycles. The smallest absolute Gasteiger partial charge is 0.307 e. The van der Waals surface area contributed by atoms with Crippen molar-refractivity contribution in [1.82, 2.24) is 5.32 Å². The molecular formula is C15H19NO3. The molecule has 19 heavy (non-hydrogen) atoms. The summed E-state index contributed by atoms with van der Waals surface area (Å²) in [4.78, 5) is 22.5. The van der Waals surface area contributed by atoms with Gasteiger partial charge in [0.15, 0.2) is 0 Å². The fourth-order valence-electron chi connectivity index (χ4n) is 2.21. The first-order valence-electron chi connectivity index (χ1n) is 6.65. The molecule has 1 aromatic carbocycles. The zero-order valence-electron chi connectivity index (χ0n) is 11.0. The highest BCUT2D eigenvalue weighted by atomic mass is 16.4. The molecule has 1 fully saturated rings.